The molecule has 5 fully saturated rings. The molecule has 5 aliphatic heterocycles. The van der Waals surface area contributed by atoms with Crippen LogP contribution in [0.1, 0.15) is 148 Å². The van der Waals surface area contributed by atoms with Gasteiger partial charge < -0.3 is 148 Å². The van der Waals surface area contributed by atoms with E-state index in [1.54, 1.807) is 40.7 Å². The number of piperidine rings is 1. The van der Waals surface area contributed by atoms with Gasteiger partial charge in [-0.1, -0.05) is 82.2 Å². The van der Waals surface area contributed by atoms with E-state index in [1.807, 2.05) is 36.4 Å². The number of ether oxygens (including phenoxy) is 16. The van der Waals surface area contributed by atoms with Crippen LogP contribution in [0.3, 0.4) is 0 Å². The third-order valence-corrected chi connectivity index (χ3v) is 31.3. The summed E-state index contributed by atoms with van der Waals surface area (Å²) in [4.78, 5) is 182. The zero-order valence-electron chi connectivity index (χ0n) is 85.6. The summed E-state index contributed by atoms with van der Waals surface area (Å²) in [6.07, 6.45) is -19.8. The van der Waals surface area contributed by atoms with E-state index in [0.29, 0.717) is 47.4 Å². The Morgan fingerprint density at radius 3 is 2.08 bits per heavy atom. The van der Waals surface area contributed by atoms with Gasteiger partial charge in [0, 0.05) is 125 Å². The van der Waals surface area contributed by atoms with Gasteiger partial charge in [-0.25, -0.2) is 9.59 Å². The average Bonchev–Trinajstić information content (AvgIpc) is 0.750. The molecule has 9 rings (SSSR count). The predicted molar refractivity (Wildman–Crippen MR) is 544 cm³/mol. The highest BCUT2D eigenvalue weighted by Crippen LogP contribution is 2.50. The Labute approximate surface area is 889 Å². The van der Waals surface area contributed by atoms with Crippen molar-refractivity contribution < 1.29 is 179 Å². The number of rotatable bonds is 54. The molecule has 5 heterocycles. The van der Waals surface area contributed by atoms with Gasteiger partial charge in [0.2, 0.25) is 52.6 Å². The number of hydroxylamine groups is 1. The Balaban J connectivity index is 0.871. The number of hydrogen-bond donors (Lipinski definition) is 14. The van der Waals surface area contributed by atoms with Crippen molar-refractivity contribution in [1.29, 1.82) is 0 Å². The number of methoxy groups -OCH3 is 5. The summed E-state index contributed by atoms with van der Waals surface area (Å²) >= 11 is 2.71. The number of primary amides is 1. The van der Waals surface area contributed by atoms with Crippen molar-refractivity contribution in [1.82, 2.24) is 36.5 Å². The quantitative estimate of drug-likeness (QED) is 0.0149. The van der Waals surface area contributed by atoms with Crippen LogP contribution in [0.4, 0.5) is 15.3 Å². The standard InChI is InChI=1S/C99H138IN9O37S3/c1-15-109(73(118)49-103-96(127)139-50-58-21-23-61(24-22-58)105-91(123)60(44-70(101)115)43-65(112)54(4)104-90(122)52(2)42-62(111)25-26-72(117)108-32-27-59(28-33-108)92(124)125)64-51-138-74(46-69(64)130-10)144-87-82(120)79(107-146-75-45-66(113)89(57(7)140-75)148-93(126)76-53(3)78(100)85(88(133-13)84(76)131-11)145-94-83(121)86(132-12)81(119)56(6)142-94)55(5)141-95(87)143-68-20-18-16-17-19-30-99(129)47-67(114)80(106-97(128)134-14)77(68)63(99)29-41-147-149-98(8,9)48-71(116)102-31-35-135-37-39-137-40-38-136-36-34-110/h16-17,21-24,29,52,54-57,59-60,64,66,68-69,74-75,79,81-83,86-87,89,94-95,107,110,113,119-121,129H,15,25-28,31-51H2,1-14H3,(H2,101,115)(H,102,116)(H,103,127)(H,104,122)(H,105,123)(H,106,128)(H,124,125)/b17-16-,63-29+/t52-,54+,55?,56?,57?,60+,64?,66?,68+,69?,74?,75?,79?,81?,82?,83?,86?,87?,89?,94?,95?,99+/m1/s1. The molecule has 2 aromatic rings. The van der Waals surface area contributed by atoms with Crippen molar-refractivity contribution in [2.45, 2.75) is 266 Å². The van der Waals surface area contributed by atoms with Crippen molar-refractivity contribution in [2.75, 3.05) is 132 Å². The molecule has 0 spiro atoms. The summed E-state index contributed by atoms with van der Waals surface area (Å²) in [5.74, 6) is 2.50. The van der Waals surface area contributed by atoms with E-state index >= 15 is 0 Å². The largest absolute Gasteiger partial charge is 0.492 e. The van der Waals surface area contributed by atoms with Gasteiger partial charge in [0.1, 0.15) is 55.6 Å². The summed E-state index contributed by atoms with van der Waals surface area (Å²) in [6.45, 7) is 15.7. The second kappa shape index (κ2) is 59.8. The van der Waals surface area contributed by atoms with E-state index in [0.717, 1.165) is 18.9 Å². The molecular formula is C99H138IN9O37S3. The summed E-state index contributed by atoms with van der Waals surface area (Å²) in [6, 6.07) is 2.58. The first kappa shape index (κ1) is 123. The number of likely N-dealkylation sites (tertiary alicyclic amines) is 1. The number of halogens is 1. The number of nitrogens with two attached hydrogens (primary N) is 1. The Hall–Kier alpha value is -9.29. The van der Waals surface area contributed by atoms with Crippen molar-refractivity contribution in [2.24, 2.45) is 23.5 Å². The minimum atomic E-state index is -2.30. The molecule has 0 saturated carbocycles. The molecule has 8 amide bonds. The number of amides is 8. The van der Waals surface area contributed by atoms with Crippen LogP contribution in [0, 0.1) is 51.9 Å². The lowest BCUT2D eigenvalue weighted by Gasteiger charge is -2.47. The Morgan fingerprint density at radius 1 is 0.758 bits per heavy atom. The molecule has 0 radical (unpaired) electrons. The van der Waals surface area contributed by atoms with Crippen molar-refractivity contribution >= 4 is 138 Å². The SMILES string of the molecule is CCN(C(=O)CNC(=O)OCc1ccc(NC(=O)[C@H](CC(N)=O)CC(=O)[C@H](C)NC(=O)[C@H](C)CC(=O)CCC(=O)N2CCC(C(=O)O)CC2)cc1)C1COC(OC2C(O[C@H]3C#C/C=C\C#C[C@]4(O)CC(=O)C(NC(=O)OC)=C3/C4=C\CSSC(C)(C)CC(=O)NCCOCCOCCOCCO)OC(C)C(NOC3CC(O)C(SC(=O)c4c(C)c(I)c(OC5OC(C)C(O)C(OC)C5O)c(OC)c4OC)C(C)O3)C2O)CC1OC. The molecule has 149 heavy (non-hydrogen) atoms. The van der Waals surface area contributed by atoms with E-state index in [2.05, 4.69) is 55.7 Å². The monoisotopic (exact) mass is 2270 g/mol. The molecule has 0 aromatic heterocycles. The number of Topliss-reactive ketones (excluding diaryl/α,β-unsaturated/α-hetero) is 3. The van der Waals surface area contributed by atoms with Crippen molar-refractivity contribution in [3.05, 3.63) is 79.6 Å². The highest BCUT2D eigenvalue weighted by Gasteiger charge is 2.54. The van der Waals surface area contributed by atoms with Gasteiger partial charge in [-0.15, -0.1) is 0 Å². The number of anilines is 1. The first-order valence-electron chi connectivity index (χ1n) is 48.7. The Bertz CT molecular complexity index is 5170. The van der Waals surface area contributed by atoms with Crippen molar-refractivity contribution in [3.8, 4) is 40.9 Å². The summed E-state index contributed by atoms with van der Waals surface area (Å²) in [5.41, 5.74) is 6.46. The maximum absolute atomic E-state index is 14.7. The van der Waals surface area contributed by atoms with Crippen LogP contribution >= 0.6 is 55.9 Å². The third-order valence-electron chi connectivity index (χ3n) is 25.5. The highest BCUT2D eigenvalue weighted by molar-refractivity contribution is 14.1. The number of alkyl carbamates (subject to hydrolysis) is 2. The number of aliphatic carboxylic acids is 1. The van der Waals surface area contributed by atoms with E-state index in [9.17, 15) is 93.0 Å². The number of ketones is 3. The number of likely N-dealkylation sites (N-methyl/N-ethyl adjacent to an activating group) is 1. The van der Waals surface area contributed by atoms with Crippen LogP contribution in [0.2, 0.25) is 0 Å². The van der Waals surface area contributed by atoms with Crippen LogP contribution in [-0.2, 0) is 121 Å². The van der Waals surface area contributed by atoms with Crippen LogP contribution < -0.4 is 52.0 Å². The van der Waals surface area contributed by atoms with Gasteiger partial charge in [0.15, 0.2) is 47.5 Å². The van der Waals surface area contributed by atoms with Gasteiger partial charge in [-0.05, 0) is 126 Å². The minimum Gasteiger partial charge on any atom is -0.492 e. The number of carboxylic acids is 1. The first-order chi connectivity index (χ1) is 70.9. The van der Waals surface area contributed by atoms with Gasteiger partial charge in [0.05, 0.1) is 161 Å². The van der Waals surface area contributed by atoms with E-state index in [4.69, 9.17) is 91.5 Å². The summed E-state index contributed by atoms with van der Waals surface area (Å²) < 4.78 is 94.8. The van der Waals surface area contributed by atoms with Crippen LogP contribution in [0.5, 0.6) is 17.2 Å². The number of thioether (sulfide) groups is 1. The second-order valence-electron chi connectivity index (χ2n) is 36.9. The number of carboxylic acid groups (broad SMARTS) is 1. The lowest BCUT2D eigenvalue weighted by molar-refractivity contribution is -0.337. The Kier molecular flexibility index (Phi) is 49.5. The summed E-state index contributed by atoms with van der Waals surface area (Å²) in [5, 5.41) is 89.5. The Morgan fingerprint density at radius 2 is 1.44 bits per heavy atom. The maximum atomic E-state index is 14.7. The number of nitrogens with zero attached hydrogens (tertiary/aromatic N) is 2. The molecule has 2 aliphatic carbocycles. The van der Waals surface area contributed by atoms with Gasteiger partial charge >= 0.3 is 18.2 Å². The van der Waals surface area contributed by atoms with E-state index < -0.39 is 234 Å². The number of carbonyl (C=O) groups is 13. The van der Waals surface area contributed by atoms with Crippen molar-refractivity contribution in [3.63, 3.8) is 0 Å². The van der Waals surface area contributed by atoms with Crippen LogP contribution in [0.25, 0.3) is 0 Å². The number of aliphatic hydroxyl groups excluding tert-OH is 5. The average molecular weight is 2270 g/mol. The molecule has 46 nitrogen and oxygen atoms in total. The fraction of sp³-hybridized carbons (Fsp3) is 0.646. The third kappa shape index (κ3) is 35.4. The zero-order chi connectivity index (χ0) is 109. The zero-order valence-corrected chi connectivity index (χ0v) is 90.2. The lowest BCUT2D eigenvalue weighted by atomic mass is 9.75. The molecule has 5 saturated heterocycles. The smallest absolute Gasteiger partial charge is 0.411 e. The molecule has 50 heteroatoms. The first-order valence-corrected chi connectivity index (χ1v) is 53.0. The number of aliphatic hydroxyl groups is 6. The fourth-order valence-electron chi connectivity index (χ4n) is 17.4. The molecule has 17 unspecified atom stereocenters. The van der Waals surface area contributed by atoms with E-state index in [-0.39, 0.29) is 167 Å². The molecule has 15 N–H and O–H groups in total. The van der Waals surface area contributed by atoms with Gasteiger partial charge in [-0.3, -0.25) is 62.9 Å². The topological polar surface area (TPSA) is 625 Å². The molecular weight excluding hydrogens is 2130 g/mol. The number of nitrogens with one attached hydrogen (secondary N) is 6. The number of allylic oxidation sites excluding steroid dienone is 3. The highest BCUT2D eigenvalue weighted by atomic mass is 127. The predicted octanol–water partition coefficient (Wildman–Crippen LogP) is 3.00. The maximum Gasteiger partial charge on any atom is 0.411 e. The molecule has 826 valence electrons. The van der Waals surface area contributed by atoms with Crippen LogP contribution in [-0.4, -0.2) is 375 Å². The van der Waals surface area contributed by atoms with Crippen LogP contribution in [0.15, 0.2) is 59.3 Å². The number of hydrogen-bond acceptors (Lipinski definition) is 40. The molecule has 7 aliphatic rings. The number of fused-ring (bicyclic) bond motifs is 2. The normalized spacial score (nSPS) is 26.6. The van der Waals surface area contributed by atoms with E-state index in [1.165, 1.54) is 110 Å². The fourth-order valence-corrected chi connectivity index (χ4v) is 21.6. The second-order valence-corrected chi connectivity index (χ2v) is 42.1. The lowest BCUT2D eigenvalue weighted by Crippen LogP contribution is -2.65. The molecule has 22 atom stereocenters. The van der Waals surface area contributed by atoms with Gasteiger partial charge in [0.25, 0.3) is 0 Å². The minimum absolute atomic E-state index is 0.0319. The molecule has 2 bridgehead atoms. The van der Waals surface area contributed by atoms with Gasteiger partial charge in [-0.2, -0.15) is 5.48 Å². The summed E-state index contributed by atoms with van der Waals surface area (Å²) in [7, 11) is 9.04. The number of carbonyl (C=O) groups excluding carboxylic acids is 12. The number of benzene rings is 2. The molecule has 2 aromatic carbocycles.